The molecule has 0 unspecified atom stereocenters. The van der Waals surface area contributed by atoms with Crippen LogP contribution in [0.4, 0.5) is 11.4 Å². The van der Waals surface area contributed by atoms with Gasteiger partial charge in [0.15, 0.2) is 0 Å². The number of hydrogen-bond acceptors (Lipinski definition) is 5. The molecule has 2 aromatic rings. The number of anilines is 2. The van der Waals surface area contributed by atoms with Crippen molar-refractivity contribution in [3.8, 4) is 0 Å². The Labute approximate surface area is 146 Å². The summed E-state index contributed by atoms with van der Waals surface area (Å²) in [6.07, 6.45) is 5.69. The van der Waals surface area contributed by atoms with Crippen LogP contribution in [0.15, 0.2) is 42.7 Å². The first-order valence-corrected chi connectivity index (χ1v) is 8.46. The highest BCUT2D eigenvalue weighted by molar-refractivity contribution is 6.04. The van der Waals surface area contributed by atoms with Gasteiger partial charge in [-0.15, -0.1) is 0 Å². The smallest absolute Gasteiger partial charge is 0.338 e. The monoisotopic (exact) mass is 339 g/mol. The third kappa shape index (κ3) is 4.15. The van der Waals surface area contributed by atoms with Gasteiger partial charge in [0.2, 0.25) is 0 Å². The highest BCUT2D eigenvalue weighted by Crippen LogP contribution is 2.20. The van der Waals surface area contributed by atoms with Crippen LogP contribution in [-0.4, -0.2) is 36.6 Å². The number of rotatable bonds is 5. The quantitative estimate of drug-likeness (QED) is 0.848. The molecule has 2 heterocycles. The van der Waals surface area contributed by atoms with Gasteiger partial charge in [0.05, 0.1) is 29.6 Å². The third-order valence-electron chi connectivity index (χ3n) is 4.11. The first-order chi connectivity index (χ1) is 12.2. The zero-order valence-electron chi connectivity index (χ0n) is 14.2. The van der Waals surface area contributed by atoms with Crippen molar-refractivity contribution in [2.24, 2.45) is 0 Å². The van der Waals surface area contributed by atoms with Gasteiger partial charge in [0.1, 0.15) is 0 Å². The molecule has 0 bridgehead atoms. The number of ether oxygens (including phenoxy) is 1. The molecule has 3 rings (SSSR count). The Kier molecular flexibility index (Phi) is 5.28. The van der Waals surface area contributed by atoms with Crippen molar-refractivity contribution in [1.82, 2.24) is 4.98 Å². The molecule has 6 nitrogen and oxygen atoms in total. The van der Waals surface area contributed by atoms with Crippen molar-refractivity contribution in [2.45, 2.75) is 19.8 Å². The largest absolute Gasteiger partial charge is 0.462 e. The van der Waals surface area contributed by atoms with Gasteiger partial charge in [-0.3, -0.25) is 9.78 Å². The van der Waals surface area contributed by atoms with Gasteiger partial charge in [-0.1, -0.05) is 0 Å². The van der Waals surface area contributed by atoms with Crippen LogP contribution in [0.5, 0.6) is 0 Å². The zero-order valence-corrected chi connectivity index (χ0v) is 14.2. The molecule has 1 aromatic carbocycles. The Morgan fingerprint density at radius 2 is 1.84 bits per heavy atom. The summed E-state index contributed by atoms with van der Waals surface area (Å²) in [7, 11) is 0. The fourth-order valence-electron chi connectivity index (χ4n) is 2.81. The molecule has 1 amide bonds. The maximum absolute atomic E-state index is 12.4. The molecule has 0 spiro atoms. The van der Waals surface area contributed by atoms with Crippen LogP contribution in [0.25, 0.3) is 0 Å². The summed E-state index contributed by atoms with van der Waals surface area (Å²) in [6.45, 7) is 4.10. The summed E-state index contributed by atoms with van der Waals surface area (Å²) in [5.41, 5.74) is 2.56. The summed E-state index contributed by atoms with van der Waals surface area (Å²) in [6, 6.07) is 8.49. The van der Waals surface area contributed by atoms with Crippen LogP contribution in [0.1, 0.15) is 40.5 Å². The van der Waals surface area contributed by atoms with E-state index in [4.69, 9.17) is 4.74 Å². The van der Waals surface area contributed by atoms with E-state index in [1.165, 1.54) is 12.8 Å². The fourth-order valence-corrected chi connectivity index (χ4v) is 2.81. The maximum atomic E-state index is 12.4. The summed E-state index contributed by atoms with van der Waals surface area (Å²) >= 11 is 0. The first-order valence-electron chi connectivity index (χ1n) is 8.46. The van der Waals surface area contributed by atoms with E-state index in [-0.39, 0.29) is 11.9 Å². The lowest BCUT2D eigenvalue weighted by Crippen LogP contribution is -2.19. The Balaban J connectivity index is 1.67. The topological polar surface area (TPSA) is 71.5 Å². The van der Waals surface area contributed by atoms with Crippen LogP contribution >= 0.6 is 0 Å². The Bertz CT molecular complexity index is 753. The third-order valence-corrected chi connectivity index (χ3v) is 4.11. The second kappa shape index (κ2) is 7.79. The van der Waals surface area contributed by atoms with E-state index in [0.717, 1.165) is 18.8 Å². The predicted octanol–water partition coefficient (Wildman–Crippen LogP) is 3.11. The van der Waals surface area contributed by atoms with Crippen molar-refractivity contribution in [3.63, 3.8) is 0 Å². The number of esters is 1. The lowest BCUT2D eigenvalue weighted by molar-refractivity contribution is 0.0526. The van der Waals surface area contributed by atoms with E-state index >= 15 is 0 Å². The average Bonchev–Trinajstić information content (AvgIpc) is 3.17. The van der Waals surface area contributed by atoms with Crippen LogP contribution in [0.3, 0.4) is 0 Å². The van der Waals surface area contributed by atoms with Crippen LogP contribution < -0.4 is 10.2 Å². The molecule has 1 N–H and O–H groups in total. The number of aromatic nitrogens is 1. The highest BCUT2D eigenvalue weighted by Gasteiger charge is 2.15. The Morgan fingerprint density at radius 3 is 2.52 bits per heavy atom. The molecule has 25 heavy (non-hydrogen) atoms. The van der Waals surface area contributed by atoms with Gasteiger partial charge in [-0.25, -0.2) is 4.79 Å². The standard InChI is InChI=1S/C19H21N3O3/c1-2-25-19(24)14-5-7-16(8-6-14)21-18(23)15-11-17(13-20-12-15)22-9-3-4-10-22/h5-8,11-13H,2-4,9-10H2,1H3,(H,21,23). The van der Waals surface area contributed by atoms with Crippen molar-refractivity contribution in [2.75, 3.05) is 29.9 Å². The molecule has 0 aliphatic carbocycles. The molecular formula is C19H21N3O3. The predicted molar refractivity (Wildman–Crippen MR) is 96.0 cm³/mol. The summed E-state index contributed by atoms with van der Waals surface area (Å²) in [5.74, 6) is -0.597. The van der Waals surface area contributed by atoms with Crippen molar-refractivity contribution in [3.05, 3.63) is 53.9 Å². The van der Waals surface area contributed by atoms with Gasteiger partial charge in [-0.2, -0.15) is 0 Å². The molecule has 1 aliphatic heterocycles. The van der Waals surface area contributed by atoms with Crippen molar-refractivity contribution < 1.29 is 14.3 Å². The average molecular weight is 339 g/mol. The Hall–Kier alpha value is -2.89. The second-order valence-electron chi connectivity index (χ2n) is 5.88. The number of benzene rings is 1. The molecule has 1 fully saturated rings. The van der Waals surface area contributed by atoms with E-state index in [2.05, 4.69) is 15.2 Å². The highest BCUT2D eigenvalue weighted by atomic mass is 16.5. The van der Waals surface area contributed by atoms with Gasteiger partial charge < -0.3 is 15.0 Å². The summed E-state index contributed by atoms with van der Waals surface area (Å²) < 4.78 is 4.94. The second-order valence-corrected chi connectivity index (χ2v) is 5.88. The molecule has 1 aliphatic rings. The first kappa shape index (κ1) is 17.0. The van der Waals surface area contributed by atoms with E-state index in [1.807, 2.05) is 6.07 Å². The molecule has 1 aromatic heterocycles. The lowest BCUT2D eigenvalue weighted by atomic mass is 10.2. The van der Waals surface area contributed by atoms with E-state index in [1.54, 1.807) is 43.6 Å². The van der Waals surface area contributed by atoms with Crippen molar-refractivity contribution >= 4 is 23.3 Å². The maximum Gasteiger partial charge on any atom is 0.338 e. The molecular weight excluding hydrogens is 318 g/mol. The van der Waals surface area contributed by atoms with Gasteiger partial charge in [0.25, 0.3) is 5.91 Å². The van der Waals surface area contributed by atoms with Crippen molar-refractivity contribution in [1.29, 1.82) is 0 Å². The van der Waals surface area contributed by atoms with E-state index < -0.39 is 0 Å². The number of carbonyl (C=O) groups excluding carboxylic acids is 2. The molecule has 130 valence electrons. The van der Waals surface area contributed by atoms with E-state index in [9.17, 15) is 9.59 Å². The minimum absolute atomic E-state index is 0.225. The number of nitrogens with zero attached hydrogens (tertiary/aromatic N) is 2. The molecule has 0 atom stereocenters. The number of hydrogen-bond donors (Lipinski definition) is 1. The minimum Gasteiger partial charge on any atom is -0.462 e. The minimum atomic E-state index is -0.372. The van der Waals surface area contributed by atoms with Gasteiger partial charge in [-0.05, 0) is 50.1 Å². The Morgan fingerprint density at radius 1 is 1.12 bits per heavy atom. The number of pyridine rings is 1. The molecule has 0 radical (unpaired) electrons. The number of amides is 1. The van der Waals surface area contributed by atoms with E-state index in [0.29, 0.717) is 23.4 Å². The lowest BCUT2D eigenvalue weighted by Gasteiger charge is -2.17. The normalized spacial score (nSPS) is 13.6. The zero-order chi connectivity index (χ0) is 17.6. The van der Waals surface area contributed by atoms with Crippen LogP contribution in [0, 0.1) is 0 Å². The summed E-state index contributed by atoms with van der Waals surface area (Å²) in [5, 5.41) is 2.82. The fraction of sp³-hybridized carbons (Fsp3) is 0.316. The number of carbonyl (C=O) groups is 2. The molecule has 0 saturated carbocycles. The van der Waals surface area contributed by atoms with Gasteiger partial charge >= 0.3 is 5.97 Å². The number of nitrogens with one attached hydrogen (secondary N) is 1. The molecule has 1 saturated heterocycles. The van der Waals surface area contributed by atoms with Crippen LogP contribution in [-0.2, 0) is 4.74 Å². The molecule has 6 heteroatoms. The summed E-state index contributed by atoms with van der Waals surface area (Å²) in [4.78, 5) is 30.5. The van der Waals surface area contributed by atoms with Gasteiger partial charge in [0, 0.05) is 25.0 Å². The SMILES string of the molecule is CCOC(=O)c1ccc(NC(=O)c2cncc(N3CCCC3)c2)cc1. The van der Waals surface area contributed by atoms with Crippen LogP contribution in [0.2, 0.25) is 0 Å².